The van der Waals surface area contributed by atoms with Crippen molar-refractivity contribution in [3.8, 4) is 5.69 Å². The Bertz CT molecular complexity index is 551. The lowest BCUT2D eigenvalue weighted by molar-refractivity contribution is 0.551. The van der Waals surface area contributed by atoms with Crippen LogP contribution in [0.3, 0.4) is 0 Å². The molecule has 3 nitrogen and oxygen atoms in total. The Morgan fingerprint density at radius 2 is 2.21 bits per heavy atom. The Balaban J connectivity index is 2.23. The molecule has 0 saturated heterocycles. The smallest absolute Gasteiger partial charge is 0.0691 e. The minimum atomic E-state index is 0.626. The second kappa shape index (κ2) is 6.55. The number of rotatable bonds is 5. The maximum Gasteiger partial charge on any atom is 0.0691 e. The number of aromatic nitrogens is 2. The molecule has 0 aliphatic carbocycles. The predicted molar refractivity (Wildman–Crippen MR) is 82.8 cm³/mol. The summed E-state index contributed by atoms with van der Waals surface area (Å²) in [5.74, 6) is 0.626. The highest BCUT2D eigenvalue weighted by atomic mass is 79.9. The molecule has 0 aliphatic heterocycles. The van der Waals surface area contributed by atoms with E-state index in [2.05, 4.69) is 40.2 Å². The normalized spacial score (nSPS) is 11.2. The topological polar surface area (TPSA) is 29.9 Å². The third-order valence-corrected chi connectivity index (χ3v) is 3.35. The summed E-state index contributed by atoms with van der Waals surface area (Å²) >= 11 is 9.50. The SMILES string of the molecule is CC(C)CNCc1cc(Cl)ccc1-n1cc(Br)cn1. The van der Waals surface area contributed by atoms with Crippen molar-refractivity contribution < 1.29 is 0 Å². The Morgan fingerprint density at radius 3 is 2.84 bits per heavy atom. The minimum Gasteiger partial charge on any atom is -0.312 e. The van der Waals surface area contributed by atoms with E-state index in [1.54, 1.807) is 6.20 Å². The number of hydrogen-bond acceptors (Lipinski definition) is 2. The van der Waals surface area contributed by atoms with Gasteiger partial charge < -0.3 is 5.32 Å². The van der Waals surface area contributed by atoms with E-state index >= 15 is 0 Å². The molecule has 0 saturated carbocycles. The van der Waals surface area contributed by atoms with Gasteiger partial charge in [-0.15, -0.1) is 0 Å². The van der Waals surface area contributed by atoms with Gasteiger partial charge in [0, 0.05) is 17.8 Å². The van der Waals surface area contributed by atoms with Crippen molar-refractivity contribution in [1.82, 2.24) is 15.1 Å². The highest BCUT2D eigenvalue weighted by Gasteiger charge is 2.07. The van der Waals surface area contributed by atoms with Crippen molar-refractivity contribution in [2.75, 3.05) is 6.54 Å². The van der Waals surface area contributed by atoms with Gasteiger partial charge in [0.1, 0.15) is 0 Å². The predicted octanol–water partition coefficient (Wildman–Crippen LogP) is 4.03. The van der Waals surface area contributed by atoms with E-state index in [0.29, 0.717) is 5.92 Å². The number of hydrogen-bond donors (Lipinski definition) is 1. The highest BCUT2D eigenvalue weighted by molar-refractivity contribution is 9.10. The fourth-order valence-corrected chi connectivity index (χ4v) is 2.33. The molecule has 1 aromatic heterocycles. The van der Waals surface area contributed by atoms with Gasteiger partial charge in [0.2, 0.25) is 0 Å². The van der Waals surface area contributed by atoms with Crippen LogP contribution in [-0.4, -0.2) is 16.3 Å². The van der Waals surface area contributed by atoms with Gasteiger partial charge in [-0.25, -0.2) is 4.68 Å². The molecule has 0 radical (unpaired) electrons. The third kappa shape index (κ3) is 4.06. The zero-order chi connectivity index (χ0) is 13.8. The summed E-state index contributed by atoms with van der Waals surface area (Å²) in [6.45, 7) is 6.15. The highest BCUT2D eigenvalue weighted by Crippen LogP contribution is 2.21. The van der Waals surface area contributed by atoms with E-state index in [9.17, 15) is 0 Å². The van der Waals surface area contributed by atoms with Crippen molar-refractivity contribution >= 4 is 27.5 Å². The maximum absolute atomic E-state index is 6.08. The summed E-state index contributed by atoms with van der Waals surface area (Å²) in [5, 5.41) is 8.50. The van der Waals surface area contributed by atoms with Crippen LogP contribution in [0.4, 0.5) is 0 Å². The van der Waals surface area contributed by atoms with Crippen molar-refractivity contribution in [2.24, 2.45) is 5.92 Å². The van der Waals surface area contributed by atoms with Gasteiger partial charge in [-0.3, -0.25) is 0 Å². The molecule has 0 bridgehead atoms. The molecule has 1 N–H and O–H groups in total. The summed E-state index contributed by atoms with van der Waals surface area (Å²) in [4.78, 5) is 0. The fourth-order valence-electron chi connectivity index (χ4n) is 1.85. The fraction of sp³-hybridized carbons (Fsp3) is 0.357. The molecule has 2 aromatic rings. The molecule has 5 heteroatoms. The van der Waals surface area contributed by atoms with Crippen molar-refractivity contribution in [2.45, 2.75) is 20.4 Å². The summed E-state index contributed by atoms with van der Waals surface area (Å²) in [5.41, 5.74) is 2.19. The molecule has 19 heavy (non-hydrogen) atoms. The molecule has 0 spiro atoms. The first-order chi connectivity index (χ1) is 9.06. The lowest BCUT2D eigenvalue weighted by Crippen LogP contribution is -2.20. The number of halogens is 2. The zero-order valence-corrected chi connectivity index (χ0v) is 13.4. The first-order valence-corrected chi connectivity index (χ1v) is 7.43. The van der Waals surface area contributed by atoms with Crippen LogP contribution in [0, 0.1) is 5.92 Å². The Morgan fingerprint density at radius 1 is 1.42 bits per heavy atom. The molecule has 0 aliphatic rings. The van der Waals surface area contributed by atoms with Crippen LogP contribution in [0.5, 0.6) is 0 Å². The lowest BCUT2D eigenvalue weighted by atomic mass is 10.1. The molecule has 2 rings (SSSR count). The molecule has 0 fully saturated rings. The van der Waals surface area contributed by atoms with E-state index in [4.69, 9.17) is 11.6 Å². The van der Waals surface area contributed by atoms with Crippen LogP contribution in [0.25, 0.3) is 5.69 Å². The van der Waals surface area contributed by atoms with Gasteiger partial charge in [-0.2, -0.15) is 5.10 Å². The second-order valence-corrected chi connectivity index (χ2v) is 6.25. The number of nitrogens with zero attached hydrogens (tertiary/aromatic N) is 2. The monoisotopic (exact) mass is 341 g/mol. The molecular formula is C14H17BrClN3. The summed E-state index contributed by atoms with van der Waals surface area (Å²) in [6.07, 6.45) is 3.72. The van der Waals surface area contributed by atoms with Gasteiger partial charge in [0.05, 0.1) is 16.4 Å². The lowest BCUT2D eigenvalue weighted by Gasteiger charge is -2.12. The summed E-state index contributed by atoms with van der Waals surface area (Å²) < 4.78 is 2.82. The van der Waals surface area contributed by atoms with Gasteiger partial charge in [-0.05, 0) is 52.2 Å². The average Bonchev–Trinajstić information content (AvgIpc) is 2.75. The van der Waals surface area contributed by atoms with Crippen molar-refractivity contribution in [3.05, 3.63) is 45.7 Å². The van der Waals surface area contributed by atoms with Crippen LogP contribution in [0.2, 0.25) is 5.02 Å². The molecule has 1 heterocycles. The molecule has 0 amide bonds. The molecule has 0 atom stereocenters. The van der Waals surface area contributed by atoms with Crippen molar-refractivity contribution in [1.29, 1.82) is 0 Å². The Kier molecular flexibility index (Phi) is 5.02. The summed E-state index contributed by atoms with van der Waals surface area (Å²) in [7, 11) is 0. The maximum atomic E-state index is 6.08. The van der Waals surface area contributed by atoms with Crippen LogP contribution in [-0.2, 0) is 6.54 Å². The Hall–Kier alpha value is -0.840. The second-order valence-electron chi connectivity index (χ2n) is 4.90. The molecule has 102 valence electrons. The third-order valence-electron chi connectivity index (χ3n) is 2.71. The molecule has 1 aromatic carbocycles. The van der Waals surface area contributed by atoms with E-state index in [1.807, 2.05) is 29.1 Å². The van der Waals surface area contributed by atoms with Crippen LogP contribution in [0.15, 0.2) is 35.1 Å². The van der Waals surface area contributed by atoms with Crippen LogP contribution < -0.4 is 5.32 Å². The number of nitrogens with one attached hydrogen (secondary N) is 1. The van der Waals surface area contributed by atoms with Gasteiger partial charge >= 0.3 is 0 Å². The van der Waals surface area contributed by atoms with E-state index in [0.717, 1.165) is 33.8 Å². The minimum absolute atomic E-state index is 0.626. The van der Waals surface area contributed by atoms with E-state index in [-0.39, 0.29) is 0 Å². The van der Waals surface area contributed by atoms with Crippen molar-refractivity contribution in [3.63, 3.8) is 0 Å². The molecular weight excluding hydrogens is 326 g/mol. The van der Waals surface area contributed by atoms with E-state index < -0.39 is 0 Å². The van der Waals surface area contributed by atoms with Crippen LogP contribution >= 0.6 is 27.5 Å². The zero-order valence-electron chi connectivity index (χ0n) is 11.0. The molecule has 0 unspecified atom stereocenters. The quantitative estimate of drug-likeness (QED) is 0.889. The first-order valence-electron chi connectivity index (χ1n) is 6.26. The van der Waals surface area contributed by atoms with Crippen LogP contribution in [0.1, 0.15) is 19.4 Å². The van der Waals surface area contributed by atoms with Gasteiger partial charge in [0.25, 0.3) is 0 Å². The average molecular weight is 343 g/mol. The summed E-state index contributed by atoms with van der Waals surface area (Å²) in [6, 6.07) is 5.87. The van der Waals surface area contributed by atoms with Gasteiger partial charge in [0.15, 0.2) is 0 Å². The van der Waals surface area contributed by atoms with Gasteiger partial charge in [-0.1, -0.05) is 25.4 Å². The van der Waals surface area contributed by atoms with E-state index in [1.165, 1.54) is 0 Å². The Labute approximate surface area is 127 Å². The largest absolute Gasteiger partial charge is 0.312 e. The standard InChI is InChI=1S/C14H17BrClN3/c1-10(2)6-17-7-11-5-13(16)3-4-14(11)19-9-12(15)8-18-19/h3-5,8-10,17H,6-7H2,1-2H3. The first kappa shape index (κ1) is 14.6. The number of benzene rings is 1.